The number of amides is 1. The van der Waals surface area contributed by atoms with Crippen molar-refractivity contribution in [2.45, 2.75) is 13.3 Å². The van der Waals surface area contributed by atoms with E-state index in [4.69, 9.17) is 9.47 Å². The molecule has 0 bridgehead atoms. The highest BCUT2D eigenvalue weighted by Crippen LogP contribution is 2.32. The summed E-state index contributed by atoms with van der Waals surface area (Å²) in [6, 6.07) is 13.4. The number of benzene rings is 2. The summed E-state index contributed by atoms with van der Waals surface area (Å²) in [5, 5.41) is 3.40. The molecule has 0 radical (unpaired) electrons. The van der Waals surface area contributed by atoms with Gasteiger partial charge in [0.05, 0.1) is 24.8 Å². The van der Waals surface area contributed by atoms with Gasteiger partial charge in [0.15, 0.2) is 5.17 Å². The quantitative estimate of drug-likeness (QED) is 0.805. The first-order valence-corrected chi connectivity index (χ1v) is 9.05. The lowest BCUT2D eigenvalue weighted by Crippen LogP contribution is -2.19. The molecule has 134 valence electrons. The minimum Gasteiger partial charge on any atom is -0.497 e. The number of ether oxygens (including phenoxy) is 2. The lowest BCUT2D eigenvalue weighted by atomic mass is 10.1. The van der Waals surface area contributed by atoms with Crippen LogP contribution in [0.2, 0.25) is 0 Å². The molecule has 1 saturated heterocycles. The van der Waals surface area contributed by atoms with Crippen molar-refractivity contribution in [1.29, 1.82) is 0 Å². The number of rotatable bonds is 5. The van der Waals surface area contributed by atoms with Gasteiger partial charge >= 0.3 is 0 Å². The number of hydrogen-bond acceptors (Lipinski definition) is 5. The SMILES string of the molecule is CCc1ccccc1N=C1NC(=O)C(=Cc2ccc(OC)cc2OC)S1. The maximum absolute atomic E-state index is 12.3. The smallest absolute Gasteiger partial charge is 0.264 e. The standard InChI is InChI=1S/C20H20N2O3S/c1-4-13-7-5-6-8-16(13)21-20-22-19(23)18(26-20)11-14-9-10-15(24-2)12-17(14)25-3/h5-12H,4H2,1-3H3,(H,21,22,23). The number of amidine groups is 1. The number of methoxy groups -OCH3 is 2. The summed E-state index contributed by atoms with van der Waals surface area (Å²) in [6.07, 6.45) is 2.68. The number of hydrogen-bond donors (Lipinski definition) is 1. The molecule has 2 aromatic rings. The zero-order valence-electron chi connectivity index (χ0n) is 14.9. The molecule has 1 aliphatic rings. The van der Waals surface area contributed by atoms with Crippen molar-refractivity contribution in [3.05, 3.63) is 58.5 Å². The molecule has 5 nitrogen and oxygen atoms in total. The first kappa shape index (κ1) is 18.1. The molecular weight excluding hydrogens is 348 g/mol. The number of aryl methyl sites for hydroxylation is 1. The van der Waals surface area contributed by atoms with Gasteiger partial charge in [-0.3, -0.25) is 4.79 Å². The van der Waals surface area contributed by atoms with Crippen molar-refractivity contribution in [2.75, 3.05) is 14.2 Å². The second kappa shape index (κ2) is 8.10. The zero-order valence-corrected chi connectivity index (χ0v) is 15.7. The van der Waals surface area contributed by atoms with E-state index in [1.54, 1.807) is 26.4 Å². The fraction of sp³-hybridized carbons (Fsp3) is 0.200. The molecule has 1 fully saturated rings. The molecule has 1 heterocycles. The van der Waals surface area contributed by atoms with Crippen molar-refractivity contribution in [3.8, 4) is 11.5 Å². The Hall–Kier alpha value is -2.73. The van der Waals surface area contributed by atoms with E-state index in [9.17, 15) is 4.79 Å². The summed E-state index contributed by atoms with van der Waals surface area (Å²) in [5.41, 5.74) is 2.83. The van der Waals surface area contributed by atoms with Gasteiger partial charge in [-0.15, -0.1) is 0 Å². The van der Waals surface area contributed by atoms with Crippen LogP contribution in [0.15, 0.2) is 52.4 Å². The van der Waals surface area contributed by atoms with Crippen LogP contribution in [0.4, 0.5) is 5.69 Å². The molecule has 0 spiro atoms. The first-order valence-electron chi connectivity index (χ1n) is 8.24. The highest BCUT2D eigenvalue weighted by Gasteiger charge is 2.24. The van der Waals surface area contributed by atoms with Crippen LogP contribution in [0.5, 0.6) is 11.5 Å². The summed E-state index contributed by atoms with van der Waals surface area (Å²) in [7, 11) is 3.19. The average Bonchev–Trinajstić information content (AvgIpc) is 3.01. The predicted octanol–water partition coefficient (Wildman–Crippen LogP) is 4.16. The fourth-order valence-corrected chi connectivity index (χ4v) is 3.41. The van der Waals surface area contributed by atoms with Crippen molar-refractivity contribution in [1.82, 2.24) is 5.32 Å². The average molecular weight is 368 g/mol. The highest BCUT2D eigenvalue weighted by molar-refractivity contribution is 8.18. The lowest BCUT2D eigenvalue weighted by molar-refractivity contribution is -0.115. The second-order valence-electron chi connectivity index (χ2n) is 5.57. The number of para-hydroxylation sites is 1. The Morgan fingerprint density at radius 2 is 1.96 bits per heavy atom. The van der Waals surface area contributed by atoms with E-state index in [0.29, 0.717) is 21.6 Å². The van der Waals surface area contributed by atoms with Gasteiger partial charge in [0.2, 0.25) is 0 Å². The number of carbonyl (C=O) groups excluding carboxylic acids is 1. The maximum Gasteiger partial charge on any atom is 0.264 e. The number of thioether (sulfide) groups is 1. The zero-order chi connectivity index (χ0) is 18.5. The van der Waals surface area contributed by atoms with Crippen LogP contribution >= 0.6 is 11.8 Å². The summed E-state index contributed by atoms with van der Waals surface area (Å²) in [5.74, 6) is 1.18. The van der Waals surface area contributed by atoms with Crippen molar-refractivity contribution < 1.29 is 14.3 Å². The van der Waals surface area contributed by atoms with Crippen LogP contribution in [-0.2, 0) is 11.2 Å². The van der Waals surface area contributed by atoms with E-state index >= 15 is 0 Å². The first-order chi connectivity index (χ1) is 12.6. The molecule has 3 rings (SSSR count). The summed E-state index contributed by atoms with van der Waals surface area (Å²) >= 11 is 1.32. The van der Waals surface area contributed by atoms with E-state index in [0.717, 1.165) is 23.2 Å². The van der Waals surface area contributed by atoms with Crippen molar-refractivity contribution >= 4 is 34.6 Å². The molecule has 1 N–H and O–H groups in total. The maximum atomic E-state index is 12.3. The summed E-state index contributed by atoms with van der Waals surface area (Å²) < 4.78 is 10.6. The van der Waals surface area contributed by atoms with Gasteiger partial charge in [-0.05, 0) is 48.0 Å². The van der Waals surface area contributed by atoms with Crippen LogP contribution in [0.1, 0.15) is 18.1 Å². The molecule has 0 saturated carbocycles. The molecular formula is C20H20N2O3S. The van der Waals surface area contributed by atoms with Gasteiger partial charge in [-0.1, -0.05) is 25.1 Å². The summed E-state index contributed by atoms with van der Waals surface area (Å²) in [4.78, 5) is 17.5. The number of aliphatic imine (C=N–C) groups is 1. The monoisotopic (exact) mass is 368 g/mol. The molecule has 2 aromatic carbocycles. The van der Waals surface area contributed by atoms with E-state index in [1.807, 2.05) is 36.4 Å². The van der Waals surface area contributed by atoms with Gasteiger partial charge in [0.1, 0.15) is 11.5 Å². The van der Waals surface area contributed by atoms with Gasteiger partial charge in [-0.25, -0.2) is 4.99 Å². The lowest BCUT2D eigenvalue weighted by Gasteiger charge is -2.07. The van der Waals surface area contributed by atoms with Crippen LogP contribution in [0.3, 0.4) is 0 Å². The third kappa shape index (κ3) is 3.91. The Labute approximate surface area is 157 Å². The van der Waals surface area contributed by atoms with E-state index in [-0.39, 0.29) is 5.91 Å². The normalized spacial score (nSPS) is 16.8. The molecule has 0 atom stereocenters. The van der Waals surface area contributed by atoms with Crippen LogP contribution in [-0.4, -0.2) is 25.3 Å². The topological polar surface area (TPSA) is 59.9 Å². The van der Waals surface area contributed by atoms with Crippen LogP contribution in [0.25, 0.3) is 6.08 Å². The van der Waals surface area contributed by atoms with Gasteiger partial charge in [0, 0.05) is 11.6 Å². The van der Waals surface area contributed by atoms with Gasteiger partial charge in [-0.2, -0.15) is 0 Å². The van der Waals surface area contributed by atoms with E-state index < -0.39 is 0 Å². The Balaban J connectivity index is 1.88. The minimum atomic E-state index is -0.166. The number of nitrogens with zero attached hydrogens (tertiary/aromatic N) is 1. The Kier molecular flexibility index (Phi) is 5.63. The van der Waals surface area contributed by atoms with Crippen LogP contribution in [0, 0.1) is 0 Å². The van der Waals surface area contributed by atoms with Crippen molar-refractivity contribution in [3.63, 3.8) is 0 Å². The van der Waals surface area contributed by atoms with Gasteiger partial charge < -0.3 is 14.8 Å². The third-order valence-electron chi connectivity index (χ3n) is 3.97. The Morgan fingerprint density at radius 3 is 2.69 bits per heavy atom. The fourth-order valence-electron chi connectivity index (χ4n) is 2.59. The highest BCUT2D eigenvalue weighted by atomic mass is 32.2. The summed E-state index contributed by atoms with van der Waals surface area (Å²) in [6.45, 7) is 2.08. The molecule has 1 amide bonds. The minimum absolute atomic E-state index is 0.166. The second-order valence-corrected chi connectivity index (χ2v) is 6.60. The molecule has 1 aliphatic heterocycles. The number of carbonyl (C=O) groups is 1. The molecule has 6 heteroatoms. The van der Waals surface area contributed by atoms with Crippen LogP contribution < -0.4 is 14.8 Å². The van der Waals surface area contributed by atoms with E-state index in [1.165, 1.54) is 11.8 Å². The molecule has 0 aromatic heterocycles. The largest absolute Gasteiger partial charge is 0.497 e. The number of nitrogens with one attached hydrogen (secondary N) is 1. The van der Waals surface area contributed by atoms with Gasteiger partial charge in [0.25, 0.3) is 5.91 Å². The molecule has 0 unspecified atom stereocenters. The predicted molar refractivity (Wildman–Crippen MR) is 106 cm³/mol. The Morgan fingerprint density at radius 1 is 1.15 bits per heavy atom. The molecule has 26 heavy (non-hydrogen) atoms. The third-order valence-corrected chi connectivity index (χ3v) is 4.88. The van der Waals surface area contributed by atoms with Crippen molar-refractivity contribution in [2.24, 2.45) is 4.99 Å². The molecule has 0 aliphatic carbocycles. The Bertz CT molecular complexity index is 890. The van der Waals surface area contributed by atoms with E-state index in [2.05, 4.69) is 17.2 Å².